The molecule has 6 aromatic carbocycles. The smallest absolute Gasteiger partial charge is 0.258 e. The summed E-state index contributed by atoms with van der Waals surface area (Å²) in [5.74, 6) is 0. The van der Waals surface area contributed by atoms with Crippen LogP contribution in [0.25, 0.3) is 55.6 Å². The summed E-state index contributed by atoms with van der Waals surface area (Å²) in [5.41, 5.74) is 1.79. The van der Waals surface area contributed by atoms with Gasteiger partial charge in [0.05, 0.1) is 41.9 Å². The van der Waals surface area contributed by atoms with Gasteiger partial charge in [0.2, 0.25) is 0 Å². The van der Waals surface area contributed by atoms with Crippen LogP contribution in [0, 0.1) is 40.5 Å². The molecule has 6 aromatic rings. The van der Waals surface area contributed by atoms with Gasteiger partial charge in [0.15, 0.2) is 0 Å². The van der Waals surface area contributed by atoms with Crippen molar-refractivity contribution in [3.05, 3.63) is 174 Å². The molecule has 0 saturated carbocycles. The highest BCUT2D eigenvalue weighted by Crippen LogP contribution is 2.44. The molecule has 0 spiro atoms. The lowest BCUT2D eigenvalue weighted by atomic mass is 9.91. The van der Waals surface area contributed by atoms with Crippen LogP contribution in [-0.2, 0) is 0 Å². The molecule has 0 amide bonds. The summed E-state index contributed by atoms with van der Waals surface area (Å²) in [4.78, 5) is 46.1. The SMILES string of the molecule is O=[N+]([O-])c1ccc(-c2ccccc2)cc1-c1cc(-c2ccc([N+](=O)[O-])c(-c3cc(-c4ccccc4)ccc3[N+](=O)[O-])c2)ccc1[N+](=O)[O-]. The van der Waals surface area contributed by atoms with Crippen LogP contribution >= 0.6 is 0 Å². The quantitative estimate of drug-likeness (QED) is 0.111. The first-order valence-corrected chi connectivity index (χ1v) is 14.4. The van der Waals surface area contributed by atoms with Crippen molar-refractivity contribution >= 4 is 22.7 Å². The van der Waals surface area contributed by atoms with E-state index in [1.54, 1.807) is 60.7 Å². The van der Waals surface area contributed by atoms with Crippen molar-refractivity contribution in [2.24, 2.45) is 0 Å². The Balaban J connectivity index is 1.57. The number of nitrogens with zero attached hydrogens (tertiary/aromatic N) is 4. The van der Waals surface area contributed by atoms with Gasteiger partial charge in [-0.3, -0.25) is 40.5 Å². The van der Waals surface area contributed by atoms with E-state index in [0.717, 1.165) is 11.1 Å². The van der Waals surface area contributed by atoms with E-state index in [-0.39, 0.29) is 45.0 Å². The van der Waals surface area contributed by atoms with Crippen LogP contribution in [0.3, 0.4) is 0 Å². The van der Waals surface area contributed by atoms with Crippen molar-refractivity contribution < 1.29 is 19.7 Å². The highest BCUT2D eigenvalue weighted by molar-refractivity contribution is 5.90. The third-order valence-corrected chi connectivity index (χ3v) is 7.90. The molecule has 234 valence electrons. The van der Waals surface area contributed by atoms with Crippen molar-refractivity contribution in [2.75, 3.05) is 0 Å². The molecule has 0 fully saturated rings. The fourth-order valence-electron chi connectivity index (χ4n) is 5.62. The Morgan fingerprint density at radius 3 is 0.750 bits per heavy atom. The van der Waals surface area contributed by atoms with Crippen LogP contribution in [0.1, 0.15) is 0 Å². The minimum absolute atomic E-state index is 0.00300. The Bertz CT molecular complexity index is 2100. The monoisotopic (exact) mass is 638 g/mol. The Kier molecular flexibility index (Phi) is 8.20. The first kappa shape index (κ1) is 30.9. The van der Waals surface area contributed by atoms with E-state index in [9.17, 15) is 40.5 Å². The molecule has 6 rings (SSSR count). The average Bonchev–Trinajstić information content (AvgIpc) is 3.11. The Morgan fingerprint density at radius 1 is 0.292 bits per heavy atom. The summed E-state index contributed by atoms with van der Waals surface area (Å²) in [6.45, 7) is 0. The largest absolute Gasteiger partial charge is 0.277 e. The number of nitro benzene ring substituents is 4. The summed E-state index contributed by atoms with van der Waals surface area (Å²) in [5, 5.41) is 48.6. The van der Waals surface area contributed by atoms with Gasteiger partial charge in [0.1, 0.15) is 0 Å². The van der Waals surface area contributed by atoms with Crippen LogP contribution in [0.2, 0.25) is 0 Å². The second kappa shape index (κ2) is 12.7. The molecule has 12 heteroatoms. The van der Waals surface area contributed by atoms with Crippen molar-refractivity contribution in [2.45, 2.75) is 0 Å². The van der Waals surface area contributed by atoms with Gasteiger partial charge in [-0.05, 0) is 81.9 Å². The zero-order valence-electron chi connectivity index (χ0n) is 24.8. The lowest BCUT2D eigenvalue weighted by molar-refractivity contribution is -0.386. The molecule has 0 saturated heterocycles. The maximum Gasteiger partial charge on any atom is 0.277 e. The molecule has 0 aliphatic rings. The molecule has 0 aliphatic carbocycles. The topological polar surface area (TPSA) is 173 Å². The van der Waals surface area contributed by atoms with Crippen LogP contribution in [-0.4, -0.2) is 19.7 Å². The Labute approximate surface area is 271 Å². The minimum Gasteiger partial charge on any atom is -0.258 e. The molecule has 0 bridgehead atoms. The number of hydrogen-bond donors (Lipinski definition) is 0. The van der Waals surface area contributed by atoms with E-state index >= 15 is 0 Å². The van der Waals surface area contributed by atoms with Gasteiger partial charge in [0.25, 0.3) is 22.7 Å². The predicted molar refractivity (Wildman–Crippen MR) is 180 cm³/mol. The van der Waals surface area contributed by atoms with Crippen LogP contribution in [0.15, 0.2) is 133 Å². The molecule has 0 aliphatic heterocycles. The molecule has 0 heterocycles. The number of rotatable bonds is 9. The third kappa shape index (κ3) is 5.96. The van der Waals surface area contributed by atoms with Gasteiger partial charge in [0, 0.05) is 24.3 Å². The Hall–Kier alpha value is -7.08. The van der Waals surface area contributed by atoms with E-state index in [4.69, 9.17) is 0 Å². The highest BCUT2D eigenvalue weighted by atomic mass is 16.6. The van der Waals surface area contributed by atoms with E-state index in [1.165, 1.54) is 60.7 Å². The predicted octanol–water partition coefficient (Wildman–Crippen LogP) is 9.65. The van der Waals surface area contributed by atoms with Crippen LogP contribution < -0.4 is 0 Å². The minimum atomic E-state index is -0.641. The summed E-state index contributed by atoms with van der Waals surface area (Å²) < 4.78 is 0. The van der Waals surface area contributed by atoms with Crippen molar-refractivity contribution in [1.82, 2.24) is 0 Å². The fourth-order valence-corrected chi connectivity index (χ4v) is 5.62. The van der Waals surface area contributed by atoms with Crippen molar-refractivity contribution in [1.29, 1.82) is 0 Å². The normalized spacial score (nSPS) is 10.8. The maximum absolute atomic E-state index is 12.2. The molecule has 48 heavy (non-hydrogen) atoms. The Morgan fingerprint density at radius 2 is 0.521 bits per heavy atom. The molecular formula is C36H22N4O8. The molecule has 0 aromatic heterocycles. The van der Waals surface area contributed by atoms with Gasteiger partial charge >= 0.3 is 0 Å². The maximum atomic E-state index is 12.2. The molecule has 0 unspecified atom stereocenters. The van der Waals surface area contributed by atoms with E-state index in [0.29, 0.717) is 22.3 Å². The first-order valence-electron chi connectivity index (χ1n) is 14.4. The van der Waals surface area contributed by atoms with Crippen LogP contribution in [0.4, 0.5) is 22.7 Å². The molecular weight excluding hydrogens is 616 g/mol. The molecule has 12 nitrogen and oxygen atoms in total. The summed E-state index contributed by atoms with van der Waals surface area (Å²) in [7, 11) is 0. The average molecular weight is 639 g/mol. The summed E-state index contributed by atoms with van der Waals surface area (Å²) in [6.07, 6.45) is 0. The van der Waals surface area contributed by atoms with Gasteiger partial charge in [-0.25, -0.2) is 0 Å². The van der Waals surface area contributed by atoms with E-state index in [1.807, 2.05) is 12.1 Å². The summed E-state index contributed by atoms with van der Waals surface area (Å²) >= 11 is 0. The number of benzene rings is 6. The zero-order chi connectivity index (χ0) is 33.9. The van der Waals surface area contributed by atoms with Crippen molar-refractivity contribution in [3.8, 4) is 55.6 Å². The first-order chi connectivity index (χ1) is 23.1. The lowest BCUT2D eigenvalue weighted by Gasteiger charge is -2.12. The van der Waals surface area contributed by atoms with E-state index < -0.39 is 19.7 Å². The third-order valence-electron chi connectivity index (χ3n) is 7.90. The molecule has 0 N–H and O–H groups in total. The van der Waals surface area contributed by atoms with Crippen molar-refractivity contribution in [3.63, 3.8) is 0 Å². The zero-order valence-corrected chi connectivity index (χ0v) is 24.8. The number of nitro groups is 4. The second-order valence-corrected chi connectivity index (χ2v) is 10.7. The number of hydrogen-bond acceptors (Lipinski definition) is 8. The standard InChI is InChI=1S/C36H22N4O8/c41-37(42)33-15-11-25(23-7-3-1-4-8-23)19-29(33)31-21-27(13-17-35(31)39(45)46)28-14-18-36(40(47)48)32(22-28)30-20-26(12-16-34(30)38(43)44)24-9-5-2-6-10-24/h1-22H. The molecule has 0 atom stereocenters. The van der Waals surface area contributed by atoms with Gasteiger partial charge in [-0.1, -0.05) is 60.7 Å². The summed E-state index contributed by atoms with van der Waals surface area (Å²) in [6, 6.07) is 34.9. The van der Waals surface area contributed by atoms with Crippen LogP contribution in [0.5, 0.6) is 0 Å². The highest BCUT2D eigenvalue weighted by Gasteiger charge is 2.27. The second-order valence-electron chi connectivity index (χ2n) is 10.7. The molecule has 0 radical (unpaired) electrons. The van der Waals surface area contributed by atoms with E-state index in [2.05, 4.69) is 0 Å². The van der Waals surface area contributed by atoms with Gasteiger partial charge in [-0.15, -0.1) is 0 Å². The fraction of sp³-hybridized carbons (Fsp3) is 0. The lowest BCUT2D eigenvalue weighted by Crippen LogP contribution is -1.98. The van der Waals surface area contributed by atoms with Gasteiger partial charge in [-0.2, -0.15) is 0 Å². The van der Waals surface area contributed by atoms with Gasteiger partial charge < -0.3 is 0 Å².